The van der Waals surface area contributed by atoms with Crippen molar-refractivity contribution < 1.29 is 13.2 Å². The third kappa shape index (κ3) is 3.41. The van der Waals surface area contributed by atoms with Crippen molar-refractivity contribution in [1.29, 1.82) is 0 Å². The van der Waals surface area contributed by atoms with Crippen LogP contribution in [0.15, 0.2) is 35.7 Å². The Morgan fingerprint density at radius 3 is 2.33 bits per heavy atom. The van der Waals surface area contributed by atoms with E-state index in [1.807, 2.05) is 0 Å². The lowest BCUT2D eigenvalue weighted by atomic mass is 10.2. The van der Waals surface area contributed by atoms with Gasteiger partial charge in [0.2, 0.25) is 15.9 Å². The van der Waals surface area contributed by atoms with Crippen LogP contribution in [0.1, 0.15) is 12.5 Å². The third-order valence-electron chi connectivity index (χ3n) is 2.40. The van der Waals surface area contributed by atoms with Gasteiger partial charge in [0.25, 0.3) is 0 Å². The SMILES string of the molecule is C=Cc1ccc(S(=O)(=O)N[C@@H](C)C(=O)NC)cc1. The van der Waals surface area contributed by atoms with Crippen LogP contribution in [0.5, 0.6) is 0 Å². The monoisotopic (exact) mass is 268 g/mol. The summed E-state index contributed by atoms with van der Waals surface area (Å²) in [6.45, 7) is 5.07. The summed E-state index contributed by atoms with van der Waals surface area (Å²) in [5.41, 5.74) is 0.827. The summed E-state index contributed by atoms with van der Waals surface area (Å²) in [4.78, 5) is 11.4. The normalized spacial score (nSPS) is 12.8. The smallest absolute Gasteiger partial charge is 0.241 e. The van der Waals surface area contributed by atoms with E-state index < -0.39 is 16.1 Å². The maximum Gasteiger partial charge on any atom is 0.241 e. The van der Waals surface area contributed by atoms with E-state index in [0.29, 0.717) is 0 Å². The fraction of sp³-hybridized carbons (Fsp3) is 0.250. The van der Waals surface area contributed by atoms with Crippen molar-refractivity contribution in [1.82, 2.24) is 10.0 Å². The zero-order valence-corrected chi connectivity index (χ0v) is 11.1. The Bertz CT molecular complexity index is 535. The average molecular weight is 268 g/mol. The second-order valence-corrected chi connectivity index (χ2v) is 5.44. The number of carbonyl (C=O) groups excluding carboxylic acids is 1. The van der Waals surface area contributed by atoms with Crippen molar-refractivity contribution in [2.24, 2.45) is 0 Å². The van der Waals surface area contributed by atoms with E-state index in [-0.39, 0.29) is 10.8 Å². The van der Waals surface area contributed by atoms with Crippen molar-refractivity contribution in [2.45, 2.75) is 17.9 Å². The van der Waals surface area contributed by atoms with Gasteiger partial charge in [0.15, 0.2) is 0 Å². The minimum absolute atomic E-state index is 0.115. The van der Waals surface area contributed by atoms with E-state index in [9.17, 15) is 13.2 Å². The summed E-state index contributed by atoms with van der Waals surface area (Å²) < 4.78 is 26.2. The fourth-order valence-corrected chi connectivity index (χ4v) is 2.56. The van der Waals surface area contributed by atoms with Crippen LogP contribution in [0.3, 0.4) is 0 Å². The molecule has 0 aromatic heterocycles. The summed E-state index contributed by atoms with van der Waals surface area (Å²) in [5.74, 6) is -0.388. The Balaban J connectivity index is 2.92. The van der Waals surface area contributed by atoms with Gasteiger partial charge >= 0.3 is 0 Å². The summed E-state index contributed by atoms with van der Waals surface area (Å²) >= 11 is 0. The van der Waals surface area contributed by atoms with E-state index in [2.05, 4.69) is 16.6 Å². The minimum atomic E-state index is -3.68. The first-order chi connectivity index (χ1) is 8.40. The molecule has 0 aliphatic carbocycles. The zero-order chi connectivity index (χ0) is 13.8. The summed E-state index contributed by atoms with van der Waals surface area (Å²) in [5, 5.41) is 2.38. The van der Waals surface area contributed by atoms with Crippen molar-refractivity contribution in [3.63, 3.8) is 0 Å². The molecule has 18 heavy (non-hydrogen) atoms. The molecule has 0 aliphatic rings. The predicted molar refractivity (Wildman–Crippen MR) is 70.4 cm³/mol. The Morgan fingerprint density at radius 1 is 1.33 bits per heavy atom. The molecular weight excluding hydrogens is 252 g/mol. The molecule has 1 atom stereocenters. The molecule has 5 nitrogen and oxygen atoms in total. The molecule has 6 heteroatoms. The van der Waals surface area contributed by atoms with Crippen molar-refractivity contribution in [3.8, 4) is 0 Å². The topological polar surface area (TPSA) is 75.3 Å². The largest absolute Gasteiger partial charge is 0.358 e. The number of benzene rings is 1. The van der Waals surface area contributed by atoms with Crippen LogP contribution in [-0.4, -0.2) is 27.4 Å². The molecular formula is C12H16N2O3S. The number of amides is 1. The molecule has 0 saturated carbocycles. The molecule has 0 spiro atoms. The van der Waals surface area contributed by atoms with Gasteiger partial charge in [0.1, 0.15) is 0 Å². The molecule has 0 fully saturated rings. The van der Waals surface area contributed by atoms with Gasteiger partial charge in [0, 0.05) is 7.05 Å². The van der Waals surface area contributed by atoms with Gasteiger partial charge in [0.05, 0.1) is 10.9 Å². The lowest BCUT2D eigenvalue weighted by molar-refractivity contribution is -0.121. The molecule has 98 valence electrons. The van der Waals surface area contributed by atoms with Crippen molar-refractivity contribution in [2.75, 3.05) is 7.05 Å². The molecule has 0 heterocycles. The van der Waals surface area contributed by atoms with Crippen LogP contribution < -0.4 is 10.0 Å². The first kappa shape index (κ1) is 14.4. The van der Waals surface area contributed by atoms with Crippen molar-refractivity contribution >= 4 is 22.0 Å². The fourth-order valence-electron chi connectivity index (χ4n) is 1.35. The highest BCUT2D eigenvalue weighted by molar-refractivity contribution is 7.89. The summed E-state index contributed by atoms with van der Waals surface area (Å²) in [7, 11) is -2.23. The average Bonchev–Trinajstić information content (AvgIpc) is 2.37. The number of hydrogen-bond acceptors (Lipinski definition) is 3. The van der Waals surface area contributed by atoms with Crippen LogP contribution >= 0.6 is 0 Å². The van der Waals surface area contributed by atoms with Gasteiger partial charge in [-0.1, -0.05) is 24.8 Å². The highest BCUT2D eigenvalue weighted by Crippen LogP contribution is 2.11. The lowest BCUT2D eigenvalue weighted by Gasteiger charge is -2.12. The minimum Gasteiger partial charge on any atom is -0.358 e. The zero-order valence-electron chi connectivity index (χ0n) is 10.3. The van der Waals surface area contributed by atoms with Gasteiger partial charge in [-0.2, -0.15) is 4.72 Å². The van der Waals surface area contributed by atoms with Crippen LogP contribution in [0.2, 0.25) is 0 Å². The van der Waals surface area contributed by atoms with Gasteiger partial charge in [-0.25, -0.2) is 8.42 Å². The first-order valence-electron chi connectivity index (χ1n) is 5.37. The van der Waals surface area contributed by atoms with Gasteiger partial charge in [-0.05, 0) is 24.6 Å². The second kappa shape index (κ2) is 5.79. The molecule has 0 bridgehead atoms. The predicted octanol–water partition coefficient (Wildman–Crippen LogP) is 0.742. The quantitative estimate of drug-likeness (QED) is 0.827. The molecule has 1 aromatic rings. The van der Waals surface area contributed by atoms with Crippen molar-refractivity contribution in [3.05, 3.63) is 36.4 Å². The standard InChI is InChI=1S/C12H16N2O3S/c1-4-10-5-7-11(8-6-10)18(16,17)14-9(2)12(15)13-3/h4-9,14H,1H2,2-3H3,(H,13,15)/t9-/m0/s1. The van der Waals surface area contributed by atoms with Crippen LogP contribution in [0, 0.1) is 0 Å². The van der Waals surface area contributed by atoms with Crippen LogP contribution in [0.25, 0.3) is 6.08 Å². The van der Waals surface area contributed by atoms with Crippen LogP contribution in [-0.2, 0) is 14.8 Å². The number of carbonyl (C=O) groups is 1. The molecule has 0 aliphatic heterocycles. The Morgan fingerprint density at radius 2 is 1.89 bits per heavy atom. The molecule has 0 unspecified atom stereocenters. The highest BCUT2D eigenvalue weighted by atomic mass is 32.2. The second-order valence-electron chi connectivity index (χ2n) is 3.73. The van der Waals surface area contributed by atoms with E-state index in [1.165, 1.54) is 26.1 Å². The molecule has 2 N–H and O–H groups in total. The summed E-state index contributed by atoms with van der Waals surface area (Å²) in [6, 6.07) is 5.41. The van der Waals surface area contributed by atoms with Gasteiger partial charge in [-0.15, -0.1) is 0 Å². The van der Waals surface area contributed by atoms with E-state index in [0.717, 1.165) is 5.56 Å². The number of likely N-dealkylation sites (N-methyl/N-ethyl adjacent to an activating group) is 1. The first-order valence-corrected chi connectivity index (χ1v) is 6.85. The number of sulfonamides is 1. The van der Waals surface area contributed by atoms with E-state index in [4.69, 9.17) is 0 Å². The maximum atomic E-state index is 11.9. The molecule has 1 amide bonds. The highest BCUT2D eigenvalue weighted by Gasteiger charge is 2.20. The molecule has 1 rings (SSSR count). The Kier molecular flexibility index (Phi) is 4.63. The third-order valence-corrected chi connectivity index (χ3v) is 3.95. The maximum absolute atomic E-state index is 11.9. The Hall–Kier alpha value is -1.66. The van der Waals surface area contributed by atoms with Gasteiger partial charge in [-0.3, -0.25) is 4.79 Å². The van der Waals surface area contributed by atoms with E-state index in [1.54, 1.807) is 18.2 Å². The Labute approximate surface area is 107 Å². The molecule has 1 aromatic carbocycles. The van der Waals surface area contributed by atoms with Crippen LogP contribution in [0.4, 0.5) is 0 Å². The molecule has 0 saturated heterocycles. The summed E-state index contributed by atoms with van der Waals surface area (Å²) in [6.07, 6.45) is 1.62. The number of hydrogen-bond donors (Lipinski definition) is 2. The number of nitrogens with one attached hydrogen (secondary N) is 2. The lowest BCUT2D eigenvalue weighted by Crippen LogP contribution is -2.43. The van der Waals surface area contributed by atoms with Gasteiger partial charge < -0.3 is 5.32 Å². The number of rotatable bonds is 5. The molecule has 0 radical (unpaired) electrons. The van der Waals surface area contributed by atoms with E-state index >= 15 is 0 Å².